The van der Waals surface area contributed by atoms with Crippen LogP contribution >= 0.6 is 0 Å². The molecule has 0 bridgehead atoms. The van der Waals surface area contributed by atoms with Crippen molar-refractivity contribution < 1.29 is 15.6 Å². The second-order valence-electron chi connectivity index (χ2n) is 0.0816. The molecule has 0 aromatic rings. The van der Waals surface area contributed by atoms with Crippen LogP contribution in [0.25, 0.3) is 0 Å². The molecule has 4 heavy (non-hydrogen) atoms. The van der Waals surface area contributed by atoms with Gasteiger partial charge >= 0.3 is 0 Å². The minimum absolute atomic E-state index is 0. The molecule has 0 unspecified atom stereocenters. The molecule has 0 saturated heterocycles. The Morgan fingerprint density at radius 2 is 1.25 bits per heavy atom. The first-order chi connectivity index (χ1) is 1.41. The van der Waals surface area contributed by atoms with E-state index in [0.29, 0.717) is 0 Å². The summed E-state index contributed by atoms with van der Waals surface area (Å²) < 4.78 is 0. The topological polar surface area (TPSA) is 49.7 Å². The van der Waals surface area contributed by atoms with Gasteiger partial charge in [-0.3, -0.25) is 0 Å². The molecule has 4 heteroatoms. The van der Waals surface area contributed by atoms with Crippen LogP contribution in [0.2, 0.25) is 0 Å². The summed E-state index contributed by atoms with van der Waals surface area (Å²) in [6.45, 7) is 0. The molecular formula is H2NaO3. The number of hydrogen-bond acceptors (Lipinski definition) is 3. The summed E-state index contributed by atoms with van der Waals surface area (Å²) in [4.78, 5) is 0. The SMILES string of the molecule is OOO.[Na]. The summed E-state index contributed by atoms with van der Waals surface area (Å²) in [6.07, 6.45) is 0. The van der Waals surface area contributed by atoms with E-state index in [0.717, 1.165) is 0 Å². The average molecular weight is 73.0 g/mol. The van der Waals surface area contributed by atoms with E-state index < -0.39 is 0 Å². The van der Waals surface area contributed by atoms with Crippen LogP contribution in [0.1, 0.15) is 0 Å². The molecular weight excluding hydrogens is 71.0 g/mol. The zero-order valence-corrected chi connectivity index (χ0v) is 4.30. The van der Waals surface area contributed by atoms with Crippen LogP contribution < -0.4 is 0 Å². The van der Waals surface area contributed by atoms with Gasteiger partial charge in [-0.05, 0) is 0 Å². The van der Waals surface area contributed by atoms with Gasteiger partial charge in [-0.25, -0.2) is 10.5 Å². The molecule has 0 saturated carbocycles. The summed E-state index contributed by atoms with van der Waals surface area (Å²) in [5, 5.41) is 15.5. The van der Waals surface area contributed by atoms with Gasteiger partial charge in [-0.15, -0.1) is 0 Å². The van der Waals surface area contributed by atoms with Crippen molar-refractivity contribution >= 4 is 29.6 Å². The zero-order chi connectivity index (χ0) is 2.71. The Hall–Kier alpha value is 0.880. The molecule has 0 aliphatic carbocycles. The van der Waals surface area contributed by atoms with Crippen LogP contribution in [0, 0.1) is 0 Å². The third kappa shape index (κ3) is 13.1. The van der Waals surface area contributed by atoms with Crippen LogP contribution in [0.15, 0.2) is 0 Å². The van der Waals surface area contributed by atoms with E-state index in [9.17, 15) is 0 Å². The molecule has 21 valence electrons. The van der Waals surface area contributed by atoms with Crippen LogP contribution in [0.5, 0.6) is 0 Å². The quantitative estimate of drug-likeness (QED) is 0.232. The van der Waals surface area contributed by atoms with E-state index in [1.54, 1.807) is 0 Å². The van der Waals surface area contributed by atoms with Crippen LogP contribution in [-0.4, -0.2) is 40.1 Å². The molecule has 0 rings (SSSR count). The summed E-state index contributed by atoms with van der Waals surface area (Å²) in [6, 6.07) is 0. The average Bonchev–Trinajstić information content (AvgIpc) is 0.918. The van der Waals surface area contributed by atoms with Gasteiger partial charge in [0.2, 0.25) is 0 Å². The number of hydrogen-bond donors (Lipinski definition) is 2. The Morgan fingerprint density at radius 1 is 1.25 bits per heavy atom. The predicted octanol–water partition coefficient (Wildman–Crippen LogP) is -0.432. The molecule has 0 aromatic carbocycles. The monoisotopic (exact) mass is 73.0 g/mol. The first-order valence-electron chi connectivity index (χ1n) is 0.365. The summed E-state index contributed by atoms with van der Waals surface area (Å²) in [5.74, 6) is 0. The van der Waals surface area contributed by atoms with E-state index in [1.165, 1.54) is 0 Å². The molecule has 0 spiro atoms. The Balaban J connectivity index is 0. The van der Waals surface area contributed by atoms with E-state index >= 15 is 0 Å². The van der Waals surface area contributed by atoms with E-state index in [-0.39, 0.29) is 29.6 Å². The second kappa shape index (κ2) is 9.11. The van der Waals surface area contributed by atoms with E-state index in [1.807, 2.05) is 0 Å². The molecule has 3 nitrogen and oxygen atoms in total. The molecule has 0 heterocycles. The Morgan fingerprint density at radius 3 is 1.25 bits per heavy atom. The normalized spacial score (nSPS) is 4.50. The smallest absolute Gasteiger partial charge is 0 e. The fourth-order valence-corrected chi connectivity index (χ4v) is 0. The minimum Gasteiger partial charge on any atom is -0.221 e. The standard InChI is InChI=1S/Na.H2O3/c;1-3-2/h;1-2H. The third-order valence-electron chi connectivity index (χ3n) is 0. The van der Waals surface area contributed by atoms with Gasteiger partial charge < -0.3 is 0 Å². The van der Waals surface area contributed by atoms with Gasteiger partial charge in [-0.2, -0.15) is 0 Å². The minimum atomic E-state index is 0. The largest absolute Gasteiger partial charge is 0.221 e. The van der Waals surface area contributed by atoms with Gasteiger partial charge in [0, 0.05) is 29.6 Å². The van der Waals surface area contributed by atoms with Crippen LogP contribution in [-0.2, 0) is 5.04 Å². The molecule has 0 aliphatic rings. The van der Waals surface area contributed by atoms with Gasteiger partial charge in [0.05, 0.1) is 0 Å². The first-order valence-corrected chi connectivity index (χ1v) is 0.365. The zero-order valence-electron chi connectivity index (χ0n) is 2.30. The maximum atomic E-state index is 6.62. The number of rotatable bonds is 0. The first kappa shape index (κ1) is 8.86. The summed E-state index contributed by atoms with van der Waals surface area (Å²) >= 11 is 0. The molecule has 0 atom stereocenters. The van der Waals surface area contributed by atoms with Crippen LogP contribution in [0.3, 0.4) is 0 Å². The predicted molar refractivity (Wildman–Crippen MR) is 12.1 cm³/mol. The van der Waals surface area contributed by atoms with Crippen molar-refractivity contribution in [3.8, 4) is 0 Å². The fourth-order valence-electron chi connectivity index (χ4n) is 0. The molecule has 0 aromatic heterocycles. The van der Waals surface area contributed by atoms with E-state index in [2.05, 4.69) is 5.04 Å². The van der Waals surface area contributed by atoms with Crippen molar-refractivity contribution in [2.75, 3.05) is 0 Å². The third-order valence-corrected chi connectivity index (χ3v) is 0. The van der Waals surface area contributed by atoms with Gasteiger partial charge in [0.15, 0.2) is 0 Å². The van der Waals surface area contributed by atoms with Crippen molar-refractivity contribution in [3.05, 3.63) is 0 Å². The summed E-state index contributed by atoms with van der Waals surface area (Å²) in [7, 11) is 0. The van der Waals surface area contributed by atoms with Gasteiger partial charge in [0.1, 0.15) is 0 Å². The second-order valence-corrected chi connectivity index (χ2v) is 0.0816. The van der Waals surface area contributed by atoms with Crippen molar-refractivity contribution in [1.29, 1.82) is 0 Å². The van der Waals surface area contributed by atoms with Crippen LogP contribution in [0.4, 0.5) is 0 Å². The fraction of sp³-hybridized carbons (Fsp3) is 0. The van der Waals surface area contributed by atoms with E-state index in [4.69, 9.17) is 10.5 Å². The Labute approximate surface area is 45.3 Å². The molecule has 0 aliphatic heterocycles. The maximum absolute atomic E-state index is 6.62. The Bertz CT molecular complexity index is 3.25. The van der Waals surface area contributed by atoms with Gasteiger partial charge in [0.25, 0.3) is 0 Å². The Kier molecular flexibility index (Phi) is 20.2. The molecule has 0 fully saturated rings. The molecule has 1 radical (unpaired) electrons. The van der Waals surface area contributed by atoms with Crippen molar-refractivity contribution in [2.24, 2.45) is 0 Å². The van der Waals surface area contributed by atoms with Crippen molar-refractivity contribution in [1.82, 2.24) is 0 Å². The maximum Gasteiger partial charge on any atom is 0 e. The molecule has 0 amide bonds. The van der Waals surface area contributed by atoms with Gasteiger partial charge in [-0.1, -0.05) is 5.04 Å². The molecule has 2 N–H and O–H groups in total. The van der Waals surface area contributed by atoms with Crippen molar-refractivity contribution in [3.63, 3.8) is 0 Å². The summed E-state index contributed by atoms with van der Waals surface area (Å²) in [5.41, 5.74) is 0. The van der Waals surface area contributed by atoms with Crippen molar-refractivity contribution in [2.45, 2.75) is 0 Å².